The molecule has 0 bridgehead atoms. The number of hydrogen-bond donors (Lipinski definition) is 1. The smallest absolute Gasteiger partial charge is 0.262 e. The van der Waals surface area contributed by atoms with E-state index in [2.05, 4.69) is 4.98 Å². The van der Waals surface area contributed by atoms with Crippen molar-refractivity contribution in [3.05, 3.63) is 12.0 Å². The first-order valence-corrected chi connectivity index (χ1v) is 7.53. The molecule has 0 amide bonds. The van der Waals surface area contributed by atoms with Crippen LogP contribution in [0, 0.1) is 6.92 Å². The maximum Gasteiger partial charge on any atom is 0.262 e. The highest BCUT2D eigenvalue weighted by atomic mass is 32.2. The second kappa shape index (κ2) is 4.99. The fraction of sp³-hybridized carbons (Fsp3) is 0.727. The van der Waals surface area contributed by atoms with Gasteiger partial charge in [-0.25, -0.2) is 13.4 Å². The predicted octanol–water partition coefficient (Wildman–Crippen LogP) is 0.264. The Bertz CT molecular complexity index is 500. The molecule has 0 spiro atoms. The van der Waals surface area contributed by atoms with E-state index in [1.807, 2.05) is 0 Å². The topological polar surface area (TPSA) is 75.4 Å². The van der Waals surface area contributed by atoms with Crippen molar-refractivity contribution < 1.29 is 13.5 Å². The lowest BCUT2D eigenvalue weighted by atomic mass is 9.93. The number of aromatic nitrogens is 2. The Morgan fingerprint density at radius 2 is 2.22 bits per heavy atom. The van der Waals surface area contributed by atoms with Gasteiger partial charge < -0.3 is 9.67 Å². The summed E-state index contributed by atoms with van der Waals surface area (Å²) in [5, 5.41) is 9.12. The molecule has 1 aliphatic rings. The lowest BCUT2D eigenvalue weighted by Crippen LogP contribution is -2.45. The molecule has 1 fully saturated rings. The standard InChI is InChI=1S/C11H19N3O3S/c1-9-12-11(8-13(9)2)18(16,17)14(6-7-15)10-4-3-5-10/h8,10,15H,3-7H2,1-2H3. The van der Waals surface area contributed by atoms with Gasteiger partial charge >= 0.3 is 0 Å². The summed E-state index contributed by atoms with van der Waals surface area (Å²) in [5.41, 5.74) is 0. The van der Waals surface area contributed by atoms with Crippen molar-refractivity contribution in [2.45, 2.75) is 37.3 Å². The van der Waals surface area contributed by atoms with Crippen molar-refractivity contribution in [1.82, 2.24) is 13.9 Å². The molecular weight excluding hydrogens is 254 g/mol. The highest BCUT2D eigenvalue weighted by molar-refractivity contribution is 7.89. The van der Waals surface area contributed by atoms with Crippen molar-refractivity contribution in [3.63, 3.8) is 0 Å². The van der Waals surface area contributed by atoms with E-state index in [9.17, 15) is 8.42 Å². The third-order valence-corrected chi connectivity index (χ3v) is 5.29. The van der Waals surface area contributed by atoms with Gasteiger partial charge in [-0.15, -0.1) is 0 Å². The van der Waals surface area contributed by atoms with E-state index < -0.39 is 10.0 Å². The Kier molecular flexibility index (Phi) is 3.74. The third kappa shape index (κ3) is 2.30. The molecule has 1 aromatic rings. The van der Waals surface area contributed by atoms with Gasteiger partial charge in [0.25, 0.3) is 10.0 Å². The lowest BCUT2D eigenvalue weighted by Gasteiger charge is -2.35. The number of hydrogen-bond acceptors (Lipinski definition) is 4. The van der Waals surface area contributed by atoms with Crippen molar-refractivity contribution in [1.29, 1.82) is 0 Å². The summed E-state index contributed by atoms with van der Waals surface area (Å²) in [6.45, 7) is 1.74. The summed E-state index contributed by atoms with van der Waals surface area (Å²) < 4.78 is 28.0. The zero-order valence-corrected chi connectivity index (χ0v) is 11.5. The molecule has 0 atom stereocenters. The van der Waals surface area contributed by atoms with Gasteiger partial charge in [-0.2, -0.15) is 4.31 Å². The van der Waals surface area contributed by atoms with E-state index in [0.29, 0.717) is 5.82 Å². The van der Waals surface area contributed by atoms with Gasteiger partial charge in [-0.1, -0.05) is 6.42 Å². The third-order valence-electron chi connectivity index (χ3n) is 3.46. The minimum atomic E-state index is -3.58. The molecule has 18 heavy (non-hydrogen) atoms. The molecule has 0 aromatic carbocycles. The van der Waals surface area contributed by atoms with E-state index in [-0.39, 0.29) is 24.2 Å². The van der Waals surface area contributed by atoms with Crippen molar-refractivity contribution in [3.8, 4) is 0 Å². The van der Waals surface area contributed by atoms with E-state index in [1.165, 1.54) is 10.5 Å². The van der Waals surface area contributed by atoms with Crippen molar-refractivity contribution in [2.75, 3.05) is 13.2 Å². The molecule has 1 aliphatic carbocycles. The molecule has 2 rings (SSSR count). The Morgan fingerprint density at radius 1 is 1.56 bits per heavy atom. The molecule has 1 saturated carbocycles. The van der Waals surface area contributed by atoms with Crippen LogP contribution < -0.4 is 0 Å². The summed E-state index contributed by atoms with van der Waals surface area (Å²) in [6, 6.07) is 0.0180. The molecule has 1 heterocycles. The zero-order valence-electron chi connectivity index (χ0n) is 10.7. The molecule has 7 heteroatoms. The van der Waals surface area contributed by atoms with Crippen LogP contribution in [-0.4, -0.2) is 46.6 Å². The maximum absolute atomic E-state index is 12.5. The summed E-state index contributed by atoms with van der Waals surface area (Å²) in [7, 11) is -1.82. The van der Waals surface area contributed by atoms with Crippen molar-refractivity contribution in [2.24, 2.45) is 7.05 Å². The highest BCUT2D eigenvalue weighted by Gasteiger charge is 2.35. The molecule has 102 valence electrons. The van der Waals surface area contributed by atoms with Crippen molar-refractivity contribution >= 4 is 10.0 Å². The summed E-state index contributed by atoms with van der Waals surface area (Å²) >= 11 is 0. The van der Waals surface area contributed by atoms with Gasteiger partial charge in [0.1, 0.15) is 5.82 Å². The minimum absolute atomic E-state index is 0.0180. The number of aryl methyl sites for hydroxylation is 2. The number of imidazole rings is 1. The molecule has 0 aliphatic heterocycles. The van der Waals surface area contributed by atoms with Crippen LogP contribution in [0.25, 0.3) is 0 Å². The first-order valence-electron chi connectivity index (χ1n) is 6.09. The van der Waals surface area contributed by atoms with E-state index >= 15 is 0 Å². The fourth-order valence-corrected chi connectivity index (χ4v) is 3.75. The molecule has 0 saturated heterocycles. The van der Waals surface area contributed by atoms with Gasteiger partial charge in [-0.05, 0) is 19.8 Å². The van der Waals surface area contributed by atoms with Crippen LogP contribution in [0.1, 0.15) is 25.1 Å². The summed E-state index contributed by atoms with van der Waals surface area (Å²) in [4.78, 5) is 4.08. The predicted molar refractivity (Wildman–Crippen MR) is 66.6 cm³/mol. The van der Waals surface area contributed by atoms with Gasteiger partial charge in [-0.3, -0.25) is 0 Å². The number of nitrogens with zero attached hydrogens (tertiary/aromatic N) is 3. The average Bonchev–Trinajstić information content (AvgIpc) is 2.57. The van der Waals surface area contributed by atoms with Crippen LogP contribution in [0.4, 0.5) is 0 Å². The number of rotatable bonds is 5. The first kappa shape index (κ1) is 13.5. The largest absolute Gasteiger partial charge is 0.395 e. The monoisotopic (exact) mass is 273 g/mol. The van der Waals surface area contributed by atoms with E-state index in [4.69, 9.17) is 5.11 Å². The molecule has 0 radical (unpaired) electrons. The molecule has 1 N–H and O–H groups in total. The fourth-order valence-electron chi connectivity index (χ4n) is 2.04. The Hall–Kier alpha value is -0.920. The van der Waals surface area contributed by atoms with Gasteiger partial charge in [0.2, 0.25) is 0 Å². The zero-order chi connectivity index (χ0) is 13.3. The Balaban J connectivity index is 2.32. The Labute approximate surface area is 107 Å². The average molecular weight is 273 g/mol. The van der Waals surface area contributed by atoms with Gasteiger partial charge in [0.05, 0.1) is 6.61 Å². The minimum Gasteiger partial charge on any atom is -0.395 e. The highest BCUT2D eigenvalue weighted by Crippen LogP contribution is 2.29. The summed E-state index contributed by atoms with van der Waals surface area (Å²) in [6.07, 6.45) is 4.30. The van der Waals surface area contributed by atoms with Gasteiger partial charge in [0, 0.05) is 25.8 Å². The number of aliphatic hydroxyl groups excluding tert-OH is 1. The summed E-state index contributed by atoms with van der Waals surface area (Å²) in [5.74, 6) is 0.658. The second-order valence-electron chi connectivity index (χ2n) is 4.66. The second-order valence-corrected chi connectivity index (χ2v) is 6.50. The SMILES string of the molecule is Cc1nc(S(=O)(=O)N(CCO)C2CCC2)cn1C. The molecular formula is C11H19N3O3S. The first-order chi connectivity index (χ1) is 8.46. The van der Waals surface area contributed by atoms with Crippen LogP contribution in [0.3, 0.4) is 0 Å². The van der Waals surface area contributed by atoms with E-state index in [1.54, 1.807) is 18.5 Å². The Morgan fingerprint density at radius 3 is 2.61 bits per heavy atom. The normalized spacial score (nSPS) is 17.1. The van der Waals surface area contributed by atoms with Gasteiger partial charge in [0.15, 0.2) is 5.03 Å². The lowest BCUT2D eigenvalue weighted by molar-refractivity contribution is 0.178. The molecule has 1 aromatic heterocycles. The van der Waals surface area contributed by atoms with Crippen LogP contribution in [0.15, 0.2) is 11.2 Å². The van der Waals surface area contributed by atoms with Crippen LogP contribution in [-0.2, 0) is 17.1 Å². The van der Waals surface area contributed by atoms with Crippen LogP contribution in [0.2, 0.25) is 0 Å². The molecule has 6 nitrogen and oxygen atoms in total. The van der Waals surface area contributed by atoms with E-state index in [0.717, 1.165) is 19.3 Å². The molecule has 0 unspecified atom stereocenters. The number of aliphatic hydroxyl groups is 1. The quantitative estimate of drug-likeness (QED) is 0.835. The van der Waals surface area contributed by atoms with Crippen LogP contribution >= 0.6 is 0 Å². The maximum atomic E-state index is 12.5. The number of sulfonamides is 1. The van der Waals surface area contributed by atoms with Crippen LogP contribution in [0.5, 0.6) is 0 Å².